The first kappa shape index (κ1) is 19.6. The first-order chi connectivity index (χ1) is 11.9. The fourth-order valence-electron chi connectivity index (χ4n) is 3.31. The molecule has 5 nitrogen and oxygen atoms in total. The number of aliphatic imine (C=N–C) groups is 1. The van der Waals surface area contributed by atoms with Gasteiger partial charge in [-0.1, -0.05) is 26.0 Å². The Morgan fingerprint density at radius 2 is 2.16 bits per heavy atom. The zero-order valence-corrected chi connectivity index (χ0v) is 16.7. The molecule has 1 N–H and O–H groups in total. The van der Waals surface area contributed by atoms with E-state index in [4.69, 9.17) is 9.73 Å². The summed E-state index contributed by atoms with van der Waals surface area (Å²) in [4.78, 5) is 9.57. The van der Waals surface area contributed by atoms with E-state index in [1.54, 1.807) is 7.11 Å². The molecular formula is C20H34N4O. The molecule has 5 heteroatoms. The molecule has 140 valence electrons. The number of benzene rings is 1. The summed E-state index contributed by atoms with van der Waals surface area (Å²) in [6.07, 6.45) is 1.21. The minimum atomic E-state index is 0.222. The molecule has 1 heterocycles. The highest BCUT2D eigenvalue weighted by Crippen LogP contribution is 2.29. The van der Waals surface area contributed by atoms with Gasteiger partial charge in [-0.15, -0.1) is 0 Å². The highest BCUT2D eigenvalue weighted by molar-refractivity contribution is 5.80. The molecule has 1 aliphatic rings. The van der Waals surface area contributed by atoms with Crippen molar-refractivity contribution in [3.63, 3.8) is 0 Å². The quantitative estimate of drug-likeness (QED) is 0.635. The molecule has 0 bridgehead atoms. The monoisotopic (exact) mass is 346 g/mol. The van der Waals surface area contributed by atoms with Crippen LogP contribution in [0.1, 0.15) is 38.8 Å². The van der Waals surface area contributed by atoms with Gasteiger partial charge in [-0.05, 0) is 50.6 Å². The van der Waals surface area contributed by atoms with Crippen molar-refractivity contribution in [1.82, 2.24) is 15.1 Å². The van der Waals surface area contributed by atoms with Gasteiger partial charge in [-0.2, -0.15) is 0 Å². The van der Waals surface area contributed by atoms with Crippen LogP contribution in [0.3, 0.4) is 0 Å². The smallest absolute Gasteiger partial charge is 0.194 e. The number of nitrogens with zero attached hydrogens (tertiary/aromatic N) is 3. The third kappa shape index (κ3) is 5.36. The van der Waals surface area contributed by atoms with Crippen LogP contribution >= 0.6 is 0 Å². The Balaban J connectivity index is 2.17. The predicted octanol–water partition coefficient (Wildman–Crippen LogP) is 3.00. The van der Waals surface area contributed by atoms with Crippen molar-refractivity contribution in [2.75, 3.05) is 47.4 Å². The van der Waals surface area contributed by atoms with Crippen LogP contribution in [0.2, 0.25) is 0 Å². The Bertz CT molecular complexity index is 583. The van der Waals surface area contributed by atoms with Crippen molar-refractivity contribution < 1.29 is 4.74 Å². The standard InChI is InChI=1S/C20H34N4O/c1-7-21-19(24-12-11-20(2,3)15-24)22-14-18(23(4)5)16-9-8-10-17(13-16)25-6/h8-10,13,18H,7,11-12,14-15H2,1-6H3,(H,21,22). The zero-order chi connectivity index (χ0) is 18.4. The molecule has 1 atom stereocenters. The Kier molecular flexibility index (Phi) is 6.71. The lowest BCUT2D eigenvalue weighted by molar-refractivity contribution is 0.303. The van der Waals surface area contributed by atoms with Gasteiger partial charge < -0.3 is 19.9 Å². The maximum Gasteiger partial charge on any atom is 0.194 e. The summed E-state index contributed by atoms with van der Waals surface area (Å²) < 4.78 is 5.38. The maximum atomic E-state index is 5.38. The first-order valence-electron chi connectivity index (χ1n) is 9.20. The number of rotatable bonds is 6. The van der Waals surface area contributed by atoms with Gasteiger partial charge in [0.15, 0.2) is 5.96 Å². The summed E-state index contributed by atoms with van der Waals surface area (Å²) in [5.74, 6) is 1.92. The lowest BCUT2D eigenvalue weighted by Gasteiger charge is -2.27. The number of methoxy groups -OCH3 is 1. The molecule has 1 aromatic rings. The average Bonchev–Trinajstić information content (AvgIpc) is 2.94. The summed E-state index contributed by atoms with van der Waals surface area (Å²) in [7, 11) is 5.91. The van der Waals surface area contributed by atoms with Crippen LogP contribution in [0, 0.1) is 5.41 Å². The van der Waals surface area contributed by atoms with Crippen molar-refractivity contribution in [1.29, 1.82) is 0 Å². The van der Waals surface area contributed by atoms with Crippen molar-refractivity contribution >= 4 is 5.96 Å². The molecule has 25 heavy (non-hydrogen) atoms. The molecule has 0 amide bonds. The fraction of sp³-hybridized carbons (Fsp3) is 0.650. The summed E-state index contributed by atoms with van der Waals surface area (Å²) in [6, 6.07) is 8.50. The number of hydrogen-bond donors (Lipinski definition) is 1. The first-order valence-corrected chi connectivity index (χ1v) is 9.20. The van der Waals surface area contributed by atoms with Gasteiger partial charge in [0.05, 0.1) is 19.7 Å². The molecule has 2 rings (SSSR count). The van der Waals surface area contributed by atoms with Crippen LogP contribution < -0.4 is 10.1 Å². The molecule has 0 saturated carbocycles. The van der Waals surface area contributed by atoms with Crippen LogP contribution in [0.5, 0.6) is 5.75 Å². The van der Waals surface area contributed by atoms with E-state index >= 15 is 0 Å². The lowest BCUT2D eigenvalue weighted by atomic mass is 9.93. The SMILES string of the molecule is CCNC(=NCC(c1cccc(OC)c1)N(C)C)N1CCC(C)(C)C1. The Labute approximate surface area is 153 Å². The fourth-order valence-corrected chi connectivity index (χ4v) is 3.31. The van der Waals surface area contributed by atoms with E-state index in [-0.39, 0.29) is 6.04 Å². The topological polar surface area (TPSA) is 40.1 Å². The largest absolute Gasteiger partial charge is 0.497 e. The summed E-state index contributed by atoms with van der Waals surface area (Å²) >= 11 is 0. The predicted molar refractivity (Wildman–Crippen MR) is 105 cm³/mol. The van der Waals surface area contributed by atoms with Crippen molar-refractivity contribution in [2.24, 2.45) is 10.4 Å². The lowest BCUT2D eigenvalue weighted by Crippen LogP contribution is -2.41. The van der Waals surface area contributed by atoms with Crippen molar-refractivity contribution in [3.05, 3.63) is 29.8 Å². The Morgan fingerprint density at radius 3 is 2.72 bits per heavy atom. The van der Waals surface area contributed by atoms with Gasteiger partial charge in [-0.3, -0.25) is 4.99 Å². The van der Waals surface area contributed by atoms with Gasteiger partial charge in [0.2, 0.25) is 0 Å². The number of ether oxygens (including phenoxy) is 1. The summed E-state index contributed by atoms with van der Waals surface area (Å²) in [5.41, 5.74) is 1.59. The third-order valence-corrected chi connectivity index (χ3v) is 4.83. The molecule has 0 radical (unpaired) electrons. The normalized spacial score (nSPS) is 18.5. The Hall–Kier alpha value is -1.75. The number of hydrogen-bond acceptors (Lipinski definition) is 3. The summed E-state index contributed by atoms with van der Waals surface area (Å²) in [6.45, 7) is 10.5. The van der Waals surface area contributed by atoms with Gasteiger partial charge in [0.25, 0.3) is 0 Å². The number of guanidine groups is 1. The van der Waals surface area contributed by atoms with Gasteiger partial charge >= 0.3 is 0 Å². The van der Waals surface area contributed by atoms with Crippen LogP contribution in [0.4, 0.5) is 0 Å². The van der Waals surface area contributed by atoms with E-state index in [0.29, 0.717) is 5.41 Å². The number of likely N-dealkylation sites (N-methyl/N-ethyl adjacent to an activating group) is 1. The maximum absolute atomic E-state index is 5.38. The molecule has 1 unspecified atom stereocenters. The molecule has 1 fully saturated rings. The number of likely N-dealkylation sites (tertiary alicyclic amines) is 1. The minimum absolute atomic E-state index is 0.222. The van der Waals surface area contributed by atoms with Gasteiger partial charge in [0.1, 0.15) is 5.75 Å². The van der Waals surface area contributed by atoms with Crippen LogP contribution in [0.25, 0.3) is 0 Å². The van der Waals surface area contributed by atoms with E-state index in [0.717, 1.165) is 37.9 Å². The zero-order valence-electron chi connectivity index (χ0n) is 16.7. The van der Waals surface area contributed by atoms with E-state index in [1.807, 2.05) is 12.1 Å². The van der Waals surface area contributed by atoms with Crippen molar-refractivity contribution in [2.45, 2.75) is 33.2 Å². The van der Waals surface area contributed by atoms with E-state index in [1.165, 1.54) is 12.0 Å². The van der Waals surface area contributed by atoms with E-state index in [9.17, 15) is 0 Å². The third-order valence-electron chi connectivity index (χ3n) is 4.83. The second-order valence-corrected chi connectivity index (χ2v) is 7.79. The molecule has 1 aromatic carbocycles. The van der Waals surface area contributed by atoms with Crippen LogP contribution in [-0.4, -0.2) is 63.1 Å². The highest BCUT2D eigenvalue weighted by atomic mass is 16.5. The Morgan fingerprint density at radius 1 is 1.40 bits per heavy atom. The molecule has 0 aliphatic carbocycles. The summed E-state index contributed by atoms with van der Waals surface area (Å²) in [5, 5.41) is 3.46. The van der Waals surface area contributed by atoms with Crippen molar-refractivity contribution in [3.8, 4) is 5.75 Å². The molecule has 1 saturated heterocycles. The van der Waals surface area contributed by atoms with E-state index in [2.05, 4.69) is 62.1 Å². The van der Waals surface area contributed by atoms with Gasteiger partial charge in [0, 0.05) is 19.6 Å². The number of nitrogens with one attached hydrogen (secondary N) is 1. The minimum Gasteiger partial charge on any atom is -0.497 e. The van der Waals surface area contributed by atoms with Crippen LogP contribution in [-0.2, 0) is 0 Å². The second-order valence-electron chi connectivity index (χ2n) is 7.79. The molecule has 1 aliphatic heterocycles. The van der Waals surface area contributed by atoms with Crippen LogP contribution in [0.15, 0.2) is 29.3 Å². The highest BCUT2D eigenvalue weighted by Gasteiger charge is 2.31. The molecule has 0 spiro atoms. The van der Waals surface area contributed by atoms with Gasteiger partial charge in [-0.25, -0.2) is 0 Å². The van der Waals surface area contributed by atoms with E-state index < -0.39 is 0 Å². The molecule has 0 aromatic heterocycles. The second kappa shape index (κ2) is 8.56. The molecular weight excluding hydrogens is 312 g/mol. The average molecular weight is 347 g/mol.